The average Bonchev–Trinajstić information content (AvgIpc) is 3.32. The van der Waals surface area contributed by atoms with Gasteiger partial charge in [-0.05, 0) is 50.3 Å². The summed E-state index contributed by atoms with van der Waals surface area (Å²) in [7, 11) is 0. The molecule has 2 aliphatic rings. The maximum atomic E-state index is 12.6. The zero-order valence-corrected chi connectivity index (χ0v) is 17.7. The van der Waals surface area contributed by atoms with Gasteiger partial charge in [0.1, 0.15) is 5.76 Å². The van der Waals surface area contributed by atoms with Crippen molar-refractivity contribution in [1.29, 1.82) is 0 Å². The molecule has 0 aliphatic carbocycles. The highest BCUT2D eigenvalue weighted by Crippen LogP contribution is 2.25. The highest BCUT2D eigenvalue weighted by molar-refractivity contribution is 5.95. The Balaban J connectivity index is 1.23. The molecule has 1 atom stereocenters. The largest absolute Gasteiger partial charge is 0.477 e. The number of furan rings is 1. The van der Waals surface area contributed by atoms with Crippen molar-refractivity contribution in [2.45, 2.75) is 33.1 Å². The molecule has 2 aromatic heterocycles. The van der Waals surface area contributed by atoms with Crippen LogP contribution in [0.1, 0.15) is 40.9 Å². The van der Waals surface area contributed by atoms with Gasteiger partial charge in [0, 0.05) is 50.8 Å². The minimum atomic E-state index is 0.0407. The first-order valence-corrected chi connectivity index (χ1v) is 10.7. The fourth-order valence-electron chi connectivity index (χ4n) is 4.34. The van der Waals surface area contributed by atoms with Gasteiger partial charge >= 0.3 is 0 Å². The van der Waals surface area contributed by atoms with Gasteiger partial charge in [0.05, 0.1) is 18.4 Å². The Morgan fingerprint density at radius 3 is 2.73 bits per heavy atom. The molecule has 2 aromatic rings. The lowest BCUT2D eigenvalue weighted by Crippen LogP contribution is -2.42. The predicted molar refractivity (Wildman–Crippen MR) is 111 cm³/mol. The summed E-state index contributed by atoms with van der Waals surface area (Å²) < 4.78 is 11.1. The number of hydrogen-bond donors (Lipinski definition) is 0. The number of likely N-dealkylation sites (tertiary alicyclic amines) is 2. The van der Waals surface area contributed by atoms with E-state index in [0.29, 0.717) is 36.1 Å². The number of carbonyl (C=O) groups excluding carboxylic acids is 2. The molecule has 2 amide bonds. The van der Waals surface area contributed by atoms with Crippen LogP contribution in [0.5, 0.6) is 5.88 Å². The van der Waals surface area contributed by atoms with Gasteiger partial charge in [-0.2, -0.15) is 0 Å². The summed E-state index contributed by atoms with van der Waals surface area (Å²) in [5.41, 5.74) is 1.76. The first-order chi connectivity index (χ1) is 14.5. The summed E-state index contributed by atoms with van der Waals surface area (Å²) in [6.45, 7) is 7.28. The number of rotatable bonds is 6. The van der Waals surface area contributed by atoms with Crippen LogP contribution < -0.4 is 4.74 Å². The fraction of sp³-hybridized carbons (Fsp3) is 0.522. The van der Waals surface area contributed by atoms with Crippen LogP contribution in [0.4, 0.5) is 0 Å². The highest BCUT2D eigenvalue weighted by atomic mass is 16.5. The molecule has 1 unspecified atom stereocenters. The summed E-state index contributed by atoms with van der Waals surface area (Å²) in [6, 6.07) is 5.58. The lowest BCUT2D eigenvalue weighted by Gasteiger charge is -2.34. The number of piperidine rings is 1. The van der Waals surface area contributed by atoms with Crippen molar-refractivity contribution < 1.29 is 18.7 Å². The van der Waals surface area contributed by atoms with Crippen molar-refractivity contribution in [1.82, 2.24) is 14.8 Å². The van der Waals surface area contributed by atoms with Crippen LogP contribution in [-0.4, -0.2) is 59.4 Å². The van der Waals surface area contributed by atoms with Crippen LogP contribution in [0.25, 0.3) is 0 Å². The minimum absolute atomic E-state index is 0.0407. The first-order valence-electron chi connectivity index (χ1n) is 10.7. The number of amides is 2. The van der Waals surface area contributed by atoms with Crippen LogP contribution in [-0.2, 0) is 4.79 Å². The Hall–Kier alpha value is -2.83. The molecule has 2 aliphatic heterocycles. The Labute approximate surface area is 177 Å². The second-order valence-electron chi connectivity index (χ2n) is 8.48. The summed E-state index contributed by atoms with van der Waals surface area (Å²) in [6.07, 6.45) is 5.66. The molecule has 160 valence electrons. The van der Waals surface area contributed by atoms with E-state index in [9.17, 15) is 9.59 Å². The maximum Gasteiger partial charge on any atom is 0.257 e. The van der Waals surface area contributed by atoms with Gasteiger partial charge in [-0.25, -0.2) is 4.98 Å². The number of aryl methyl sites for hydroxylation is 2. The maximum absolute atomic E-state index is 12.6. The summed E-state index contributed by atoms with van der Waals surface area (Å²) in [5.74, 6) is 2.16. The normalized spacial score (nSPS) is 20.1. The highest BCUT2D eigenvalue weighted by Gasteiger charge is 2.33. The lowest BCUT2D eigenvalue weighted by atomic mass is 9.95. The quantitative estimate of drug-likeness (QED) is 0.730. The summed E-state index contributed by atoms with van der Waals surface area (Å²) in [5, 5.41) is 0. The molecule has 4 heterocycles. The van der Waals surface area contributed by atoms with Crippen molar-refractivity contribution in [2.75, 3.05) is 32.8 Å². The van der Waals surface area contributed by atoms with Crippen molar-refractivity contribution in [3.8, 4) is 5.88 Å². The number of hydrogen-bond acceptors (Lipinski definition) is 5. The van der Waals surface area contributed by atoms with Crippen LogP contribution in [0, 0.1) is 25.7 Å². The van der Waals surface area contributed by atoms with E-state index in [1.54, 1.807) is 18.5 Å². The van der Waals surface area contributed by atoms with Crippen molar-refractivity contribution in [3.63, 3.8) is 0 Å². The third-order valence-corrected chi connectivity index (χ3v) is 6.12. The third kappa shape index (κ3) is 4.66. The molecule has 0 spiro atoms. The average molecular weight is 412 g/mol. The number of pyridine rings is 1. The van der Waals surface area contributed by atoms with Gasteiger partial charge in [0.2, 0.25) is 11.8 Å². The molecule has 7 heteroatoms. The molecule has 0 bridgehead atoms. The van der Waals surface area contributed by atoms with Crippen LogP contribution >= 0.6 is 0 Å². The van der Waals surface area contributed by atoms with E-state index < -0.39 is 0 Å². The Morgan fingerprint density at radius 1 is 1.23 bits per heavy atom. The van der Waals surface area contributed by atoms with Crippen LogP contribution in [0.3, 0.4) is 0 Å². The van der Waals surface area contributed by atoms with Crippen LogP contribution in [0.15, 0.2) is 35.1 Å². The number of ether oxygens (including phenoxy) is 1. The standard InChI is InChI=1S/C23H29N3O4/c1-16-3-7-24-21(11-16)30-15-19-12-22(27)26(14-19)13-18-4-8-25(9-5-18)23(28)20-6-10-29-17(20)2/h3,6-7,10-11,18-19H,4-5,8-9,12-15H2,1-2H3. The predicted octanol–water partition coefficient (Wildman–Crippen LogP) is 3.07. The zero-order valence-electron chi connectivity index (χ0n) is 17.7. The van der Waals surface area contributed by atoms with E-state index in [0.717, 1.165) is 44.6 Å². The van der Waals surface area contributed by atoms with E-state index in [1.165, 1.54) is 0 Å². The third-order valence-electron chi connectivity index (χ3n) is 6.12. The minimum Gasteiger partial charge on any atom is -0.477 e. The number of aromatic nitrogens is 1. The molecule has 0 saturated carbocycles. The van der Waals surface area contributed by atoms with Crippen molar-refractivity contribution in [2.24, 2.45) is 11.8 Å². The SMILES string of the molecule is Cc1ccnc(OCC2CC(=O)N(CC3CCN(C(=O)c4ccoc4C)CC3)C2)c1. The van der Waals surface area contributed by atoms with Gasteiger partial charge in [-0.15, -0.1) is 0 Å². The molecule has 4 rings (SSSR count). The molecular formula is C23H29N3O4. The molecule has 30 heavy (non-hydrogen) atoms. The Bertz CT molecular complexity index is 901. The summed E-state index contributed by atoms with van der Waals surface area (Å²) in [4.78, 5) is 33.2. The van der Waals surface area contributed by atoms with Crippen molar-refractivity contribution >= 4 is 11.8 Å². The topological polar surface area (TPSA) is 75.9 Å². The second kappa shape index (κ2) is 8.90. The van der Waals surface area contributed by atoms with E-state index in [2.05, 4.69) is 4.98 Å². The fourth-order valence-corrected chi connectivity index (χ4v) is 4.34. The smallest absolute Gasteiger partial charge is 0.257 e. The van der Waals surface area contributed by atoms with Gasteiger partial charge in [-0.1, -0.05) is 0 Å². The van der Waals surface area contributed by atoms with Crippen molar-refractivity contribution in [3.05, 3.63) is 47.5 Å². The molecule has 2 saturated heterocycles. The zero-order chi connectivity index (χ0) is 21.1. The first kappa shape index (κ1) is 20.4. The van der Waals surface area contributed by atoms with Gasteiger partial charge in [0.25, 0.3) is 5.91 Å². The monoisotopic (exact) mass is 411 g/mol. The number of nitrogens with zero attached hydrogens (tertiary/aromatic N) is 3. The van der Waals surface area contributed by atoms with E-state index in [1.807, 2.05) is 35.8 Å². The number of carbonyl (C=O) groups is 2. The van der Waals surface area contributed by atoms with Gasteiger partial charge in [0.15, 0.2) is 0 Å². The van der Waals surface area contributed by atoms with E-state index >= 15 is 0 Å². The molecular weight excluding hydrogens is 382 g/mol. The van der Waals surface area contributed by atoms with Gasteiger partial charge < -0.3 is 19.0 Å². The van der Waals surface area contributed by atoms with E-state index in [4.69, 9.17) is 9.15 Å². The van der Waals surface area contributed by atoms with Crippen LogP contribution in [0.2, 0.25) is 0 Å². The lowest BCUT2D eigenvalue weighted by molar-refractivity contribution is -0.128. The molecule has 0 aromatic carbocycles. The molecule has 2 fully saturated rings. The molecule has 0 N–H and O–H groups in total. The molecule has 7 nitrogen and oxygen atoms in total. The second-order valence-corrected chi connectivity index (χ2v) is 8.48. The Kier molecular flexibility index (Phi) is 6.06. The summed E-state index contributed by atoms with van der Waals surface area (Å²) >= 11 is 0. The Morgan fingerprint density at radius 2 is 2.03 bits per heavy atom. The van der Waals surface area contributed by atoms with Gasteiger partial charge in [-0.3, -0.25) is 9.59 Å². The molecule has 0 radical (unpaired) electrons. The van der Waals surface area contributed by atoms with E-state index in [-0.39, 0.29) is 17.7 Å².